The van der Waals surface area contributed by atoms with E-state index in [1.54, 1.807) is 0 Å². The molecule has 0 fully saturated rings. The van der Waals surface area contributed by atoms with Gasteiger partial charge in [0, 0.05) is 10.9 Å². The third-order valence-corrected chi connectivity index (χ3v) is 11.7. The molecule has 0 atom stereocenters. The molecule has 0 bridgehead atoms. The molecule has 1 aliphatic carbocycles. The molecule has 1 aromatic heterocycles. The van der Waals surface area contributed by atoms with E-state index in [2.05, 4.69) is 237 Å². The highest BCUT2D eigenvalue weighted by Gasteiger charge is 2.16. The molecule has 0 spiro atoms. The minimum Gasteiger partial charge on any atom is -0.248 e. The average molecular weight is 762 g/mol. The second-order valence-corrected chi connectivity index (χ2v) is 15.6. The first-order valence-corrected chi connectivity index (χ1v) is 20.6. The van der Waals surface area contributed by atoms with Crippen LogP contribution in [0.25, 0.3) is 112 Å². The lowest BCUT2D eigenvalue weighted by atomic mass is 9.88. The van der Waals surface area contributed by atoms with Crippen molar-refractivity contribution in [3.63, 3.8) is 0 Å². The fraction of sp³-hybridized carbons (Fsp3) is 0. The summed E-state index contributed by atoms with van der Waals surface area (Å²) in [6, 6.07) is 81.5. The molecule has 1 aliphatic rings. The highest BCUT2D eigenvalue weighted by molar-refractivity contribution is 6.04. The van der Waals surface area contributed by atoms with Crippen molar-refractivity contribution >= 4 is 23.1 Å². The lowest BCUT2D eigenvalue weighted by Crippen LogP contribution is -1.91. The molecular weight excluding hydrogens is 723 g/mol. The molecular formula is C59H39N. The fourth-order valence-electron chi connectivity index (χ4n) is 8.71. The summed E-state index contributed by atoms with van der Waals surface area (Å²) in [5, 5.41) is 1.23. The van der Waals surface area contributed by atoms with Crippen LogP contribution in [0.4, 0.5) is 0 Å². The Kier molecular flexibility index (Phi) is 8.91. The Morgan fingerprint density at radius 1 is 0.217 bits per heavy atom. The Bertz CT molecular complexity index is 2960. The molecule has 1 nitrogen and oxygen atoms in total. The third-order valence-electron chi connectivity index (χ3n) is 11.7. The van der Waals surface area contributed by atoms with Crippen LogP contribution < -0.4 is 0 Å². The molecule has 0 saturated heterocycles. The quantitative estimate of drug-likeness (QED) is 0.150. The average Bonchev–Trinajstić information content (AvgIpc) is 3.76. The second-order valence-electron chi connectivity index (χ2n) is 15.6. The van der Waals surface area contributed by atoms with E-state index in [1.165, 1.54) is 72.1 Å². The Balaban J connectivity index is 1.13. The molecule has 11 rings (SSSR count). The van der Waals surface area contributed by atoms with Gasteiger partial charge in [-0.1, -0.05) is 164 Å². The highest BCUT2D eigenvalue weighted by Crippen LogP contribution is 2.41. The number of aromatic nitrogens is 1. The van der Waals surface area contributed by atoms with Crippen molar-refractivity contribution in [2.45, 2.75) is 0 Å². The van der Waals surface area contributed by atoms with Gasteiger partial charge in [-0.25, -0.2) is 4.98 Å². The summed E-state index contributed by atoms with van der Waals surface area (Å²) in [6.07, 6.45) is 4.40. The second kappa shape index (κ2) is 15.1. The van der Waals surface area contributed by atoms with Gasteiger partial charge in [0.25, 0.3) is 0 Å². The lowest BCUT2D eigenvalue weighted by Gasteiger charge is -2.16. The van der Waals surface area contributed by atoms with Crippen molar-refractivity contribution in [1.82, 2.24) is 4.98 Å². The van der Waals surface area contributed by atoms with E-state index in [9.17, 15) is 0 Å². The molecule has 1 heteroatoms. The third kappa shape index (κ3) is 6.83. The largest absolute Gasteiger partial charge is 0.248 e. The van der Waals surface area contributed by atoms with Crippen LogP contribution in [0.3, 0.4) is 0 Å². The van der Waals surface area contributed by atoms with Crippen LogP contribution in [0.5, 0.6) is 0 Å². The highest BCUT2D eigenvalue weighted by atomic mass is 14.7. The number of benzene rings is 9. The molecule has 280 valence electrons. The molecule has 0 N–H and O–H groups in total. The van der Waals surface area contributed by atoms with Crippen LogP contribution in [-0.2, 0) is 0 Å². The van der Waals surface area contributed by atoms with Gasteiger partial charge in [-0.05, 0) is 162 Å². The minimum atomic E-state index is 0.977. The minimum absolute atomic E-state index is 0.977. The maximum Gasteiger partial charge on any atom is 0.0721 e. The molecule has 10 aromatic rings. The molecule has 0 unspecified atom stereocenters. The Morgan fingerprint density at radius 3 is 0.967 bits per heavy atom. The van der Waals surface area contributed by atoms with Crippen LogP contribution in [0.2, 0.25) is 0 Å². The normalized spacial score (nSPS) is 11.6. The van der Waals surface area contributed by atoms with Gasteiger partial charge < -0.3 is 0 Å². The Hall–Kier alpha value is -7.87. The van der Waals surface area contributed by atoms with E-state index in [4.69, 9.17) is 4.98 Å². The van der Waals surface area contributed by atoms with Crippen LogP contribution >= 0.6 is 0 Å². The topological polar surface area (TPSA) is 12.9 Å². The first kappa shape index (κ1) is 35.3. The summed E-state index contributed by atoms with van der Waals surface area (Å²) >= 11 is 0. The standard InChI is InChI=1S/C59H39N/c1-5-15-40(16-6-1)48-30-49(41-17-7-2-8-18-41)33-53(32-48)55-36-52(45-24-13-25-46(29-45)58-39-47-28-27-44-23-14-26-57(60-58)59(44)47)37-56(38-55)54-34-50(42-19-9-3-10-20-42)31-51(35-54)43-21-11-4-12-22-43/h1-39H. The maximum absolute atomic E-state index is 5.19. The predicted molar refractivity (Wildman–Crippen MR) is 254 cm³/mol. The van der Waals surface area contributed by atoms with Gasteiger partial charge in [0.1, 0.15) is 0 Å². The molecule has 1 heterocycles. The van der Waals surface area contributed by atoms with E-state index < -0.39 is 0 Å². The monoisotopic (exact) mass is 761 g/mol. The van der Waals surface area contributed by atoms with Crippen LogP contribution in [0.1, 0.15) is 11.1 Å². The first-order chi connectivity index (χ1) is 29.7. The molecule has 60 heavy (non-hydrogen) atoms. The van der Waals surface area contributed by atoms with Gasteiger partial charge >= 0.3 is 0 Å². The van der Waals surface area contributed by atoms with Crippen molar-refractivity contribution in [3.8, 4) is 89.1 Å². The van der Waals surface area contributed by atoms with E-state index in [1.807, 2.05) is 0 Å². The molecule has 0 saturated carbocycles. The summed E-state index contributed by atoms with van der Waals surface area (Å²) in [5.74, 6) is 0. The molecule has 0 amide bonds. The van der Waals surface area contributed by atoms with E-state index in [0.717, 1.165) is 39.0 Å². The van der Waals surface area contributed by atoms with Gasteiger partial charge in [0.2, 0.25) is 0 Å². The maximum atomic E-state index is 5.19. The zero-order valence-electron chi connectivity index (χ0n) is 33.0. The lowest BCUT2D eigenvalue weighted by molar-refractivity contribution is 1.39. The first-order valence-electron chi connectivity index (χ1n) is 20.6. The van der Waals surface area contributed by atoms with Crippen molar-refractivity contribution < 1.29 is 0 Å². The molecule has 0 aliphatic heterocycles. The van der Waals surface area contributed by atoms with E-state index in [0.29, 0.717) is 0 Å². The molecule has 9 aromatic carbocycles. The molecule has 0 radical (unpaired) electrons. The van der Waals surface area contributed by atoms with Crippen molar-refractivity contribution in [2.24, 2.45) is 0 Å². The van der Waals surface area contributed by atoms with Crippen molar-refractivity contribution in [1.29, 1.82) is 0 Å². The summed E-state index contributed by atoms with van der Waals surface area (Å²) in [4.78, 5) is 5.19. The van der Waals surface area contributed by atoms with Gasteiger partial charge in [-0.2, -0.15) is 0 Å². The Morgan fingerprint density at radius 2 is 0.533 bits per heavy atom. The van der Waals surface area contributed by atoms with Gasteiger partial charge in [0.15, 0.2) is 0 Å². The fourth-order valence-corrected chi connectivity index (χ4v) is 8.71. The zero-order chi connectivity index (χ0) is 39.8. The van der Waals surface area contributed by atoms with Crippen molar-refractivity contribution in [3.05, 3.63) is 236 Å². The predicted octanol–water partition coefficient (Wildman–Crippen LogP) is 16.1. The van der Waals surface area contributed by atoms with Gasteiger partial charge in [-0.15, -0.1) is 0 Å². The summed E-state index contributed by atoms with van der Waals surface area (Å²) in [7, 11) is 0. The van der Waals surface area contributed by atoms with Crippen molar-refractivity contribution in [2.75, 3.05) is 0 Å². The SMILES string of the molecule is C1=Cc2cc(-c3cccc(-c4cc(-c5cc(-c6ccccc6)cc(-c6ccccc6)c5)cc(-c5cc(-c6ccccc6)cc(-c6ccccc6)c5)c4)c3)nc3cccc1c23. The smallest absolute Gasteiger partial charge is 0.0721 e. The van der Waals surface area contributed by atoms with Crippen LogP contribution in [-0.4, -0.2) is 4.98 Å². The van der Waals surface area contributed by atoms with Gasteiger partial charge in [-0.3, -0.25) is 0 Å². The summed E-state index contributed by atoms with van der Waals surface area (Å²) < 4.78 is 0. The number of nitrogens with zero attached hydrogens (tertiary/aromatic N) is 1. The van der Waals surface area contributed by atoms with Gasteiger partial charge in [0.05, 0.1) is 11.2 Å². The Labute approximate surface area is 351 Å². The van der Waals surface area contributed by atoms with E-state index >= 15 is 0 Å². The van der Waals surface area contributed by atoms with Crippen LogP contribution in [0.15, 0.2) is 224 Å². The summed E-state index contributed by atoms with van der Waals surface area (Å²) in [6.45, 7) is 0. The number of hydrogen-bond acceptors (Lipinski definition) is 1. The van der Waals surface area contributed by atoms with Crippen LogP contribution in [0, 0.1) is 0 Å². The number of hydrogen-bond donors (Lipinski definition) is 0. The van der Waals surface area contributed by atoms with E-state index in [-0.39, 0.29) is 0 Å². The zero-order valence-corrected chi connectivity index (χ0v) is 33.0. The summed E-state index contributed by atoms with van der Waals surface area (Å²) in [5.41, 5.74) is 22.0. The number of rotatable bonds is 8. The number of pyridine rings is 1.